The predicted octanol–water partition coefficient (Wildman–Crippen LogP) is 1.29. The Balaban J connectivity index is 1.69. The Morgan fingerprint density at radius 3 is 2.95 bits per heavy atom. The van der Waals surface area contributed by atoms with E-state index in [1.54, 1.807) is 18.2 Å². The fourth-order valence-electron chi connectivity index (χ4n) is 2.90. The standard InChI is InChI=1S/C16H19NO5/c18-14(7-10-3-5-21-9-10)17-15(16(19)20)12-1-2-13-11(8-12)4-6-22-13/h1-2,8,10,15H,3-7,9H2,(H,17,18)(H,19,20). The molecule has 0 spiro atoms. The van der Waals surface area contributed by atoms with Crippen molar-refractivity contribution in [2.24, 2.45) is 5.92 Å². The monoisotopic (exact) mass is 305 g/mol. The summed E-state index contributed by atoms with van der Waals surface area (Å²) >= 11 is 0. The van der Waals surface area contributed by atoms with Crippen molar-refractivity contribution >= 4 is 11.9 Å². The Morgan fingerprint density at radius 2 is 2.23 bits per heavy atom. The first-order valence-electron chi connectivity index (χ1n) is 7.49. The van der Waals surface area contributed by atoms with E-state index in [-0.39, 0.29) is 11.8 Å². The van der Waals surface area contributed by atoms with Crippen LogP contribution in [-0.2, 0) is 20.7 Å². The fraction of sp³-hybridized carbons (Fsp3) is 0.500. The summed E-state index contributed by atoms with van der Waals surface area (Å²) in [4.78, 5) is 23.6. The summed E-state index contributed by atoms with van der Waals surface area (Å²) in [6, 6.07) is 4.24. The number of rotatable bonds is 5. The van der Waals surface area contributed by atoms with E-state index < -0.39 is 12.0 Å². The van der Waals surface area contributed by atoms with Crippen molar-refractivity contribution in [3.05, 3.63) is 29.3 Å². The lowest BCUT2D eigenvalue weighted by molar-refractivity contribution is -0.142. The Hall–Kier alpha value is -2.08. The molecule has 2 aliphatic rings. The van der Waals surface area contributed by atoms with E-state index >= 15 is 0 Å². The van der Waals surface area contributed by atoms with Gasteiger partial charge in [-0.15, -0.1) is 0 Å². The summed E-state index contributed by atoms with van der Waals surface area (Å²) in [5.74, 6) is -0.334. The highest BCUT2D eigenvalue weighted by Crippen LogP contribution is 2.28. The lowest BCUT2D eigenvalue weighted by Gasteiger charge is -2.17. The maximum atomic E-state index is 12.1. The van der Waals surface area contributed by atoms with Crippen LogP contribution in [0, 0.1) is 5.92 Å². The number of ether oxygens (including phenoxy) is 2. The average Bonchev–Trinajstić information content (AvgIpc) is 3.14. The lowest BCUT2D eigenvalue weighted by atomic mass is 10.0. The Bertz CT molecular complexity index is 580. The Labute approximate surface area is 128 Å². The largest absolute Gasteiger partial charge is 0.493 e. The first-order valence-corrected chi connectivity index (χ1v) is 7.49. The second kappa shape index (κ2) is 6.36. The highest BCUT2D eigenvalue weighted by Gasteiger charge is 2.26. The maximum Gasteiger partial charge on any atom is 0.330 e. The molecule has 0 saturated carbocycles. The third-order valence-corrected chi connectivity index (χ3v) is 4.10. The van der Waals surface area contributed by atoms with E-state index in [2.05, 4.69) is 5.32 Å². The molecule has 1 aromatic carbocycles. The van der Waals surface area contributed by atoms with Gasteiger partial charge in [-0.05, 0) is 35.6 Å². The number of aliphatic carboxylic acids is 1. The topological polar surface area (TPSA) is 84.9 Å². The zero-order valence-electron chi connectivity index (χ0n) is 12.2. The smallest absolute Gasteiger partial charge is 0.330 e. The molecule has 2 N–H and O–H groups in total. The number of fused-ring (bicyclic) bond motifs is 1. The van der Waals surface area contributed by atoms with Gasteiger partial charge in [-0.3, -0.25) is 4.79 Å². The zero-order valence-corrected chi connectivity index (χ0v) is 12.2. The lowest BCUT2D eigenvalue weighted by Crippen LogP contribution is -2.34. The molecule has 2 heterocycles. The molecule has 0 bridgehead atoms. The summed E-state index contributed by atoms with van der Waals surface area (Å²) in [7, 11) is 0. The molecule has 0 aromatic heterocycles. The van der Waals surface area contributed by atoms with Crippen molar-refractivity contribution in [3.63, 3.8) is 0 Å². The summed E-state index contributed by atoms with van der Waals surface area (Å²) in [6.07, 6.45) is 1.92. The SMILES string of the molecule is O=C(CC1CCOC1)NC(C(=O)O)c1ccc2c(c1)CCO2. The number of benzene rings is 1. The summed E-state index contributed by atoms with van der Waals surface area (Å²) < 4.78 is 10.6. The van der Waals surface area contributed by atoms with Crippen molar-refractivity contribution in [2.45, 2.75) is 25.3 Å². The third-order valence-electron chi connectivity index (χ3n) is 4.10. The number of carboxylic acids is 1. The van der Waals surface area contributed by atoms with Crippen molar-refractivity contribution in [1.29, 1.82) is 0 Å². The number of hydrogen-bond acceptors (Lipinski definition) is 4. The average molecular weight is 305 g/mol. The van der Waals surface area contributed by atoms with Crippen molar-refractivity contribution in [3.8, 4) is 5.75 Å². The minimum absolute atomic E-state index is 0.183. The van der Waals surface area contributed by atoms with Crippen LogP contribution in [0.15, 0.2) is 18.2 Å². The van der Waals surface area contributed by atoms with Crippen LogP contribution >= 0.6 is 0 Å². The number of carbonyl (C=O) groups excluding carboxylic acids is 1. The van der Waals surface area contributed by atoms with Gasteiger partial charge in [-0.1, -0.05) is 6.07 Å². The minimum Gasteiger partial charge on any atom is -0.493 e. The van der Waals surface area contributed by atoms with Crippen molar-refractivity contribution < 1.29 is 24.2 Å². The normalized spacial score (nSPS) is 21.0. The molecule has 0 radical (unpaired) electrons. The van der Waals surface area contributed by atoms with Gasteiger partial charge in [-0.2, -0.15) is 0 Å². The van der Waals surface area contributed by atoms with Crippen LogP contribution in [-0.4, -0.2) is 36.8 Å². The van der Waals surface area contributed by atoms with E-state index in [9.17, 15) is 14.7 Å². The molecule has 22 heavy (non-hydrogen) atoms. The van der Waals surface area contributed by atoms with Gasteiger partial charge in [0.05, 0.1) is 6.61 Å². The third kappa shape index (κ3) is 3.22. The highest BCUT2D eigenvalue weighted by molar-refractivity contribution is 5.84. The van der Waals surface area contributed by atoms with Crippen LogP contribution in [0.2, 0.25) is 0 Å². The molecule has 2 unspecified atom stereocenters. The van der Waals surface area contributed by atoms with Gasteiger partial charge in [0.1, 0.15) is 5.75 Å². The van der Waals surface area contributed by atoms with Crippen LogP contribution < -0.4 is 10.1 Å². The van der Waals surface area contributed by atoms with Crippen molar-refractivity contribution in [1.82, 2.24) is 5.32 Å². The van der Waals surface area contributed by atoms with Crippen LogP contribution in [0.1, 0.15) is 30.0 Å². The van der Waals surface area contributed by atoms with Gasteiger partial charge in [0.2, 0.25) is 5.91 Å². The second-order valence-electron chi connectivity index (χ2n) is 5.74. The predicted molar refractivity (Wildman–Crippen MR) is 77.7 cm³/mol. The molecule has 1 fully saturated rings. The van der Waals surface area contributed by atoms with Crippen molar-refractivity contribution in [2.75, 3.05) is 19.8 Å². The fourth-order valence-corrected chi connectivity index (χ4v) is 2.90. The van der Waals surface area contributed by atoms with Crippen LogP contribution in [0.5, 0.6) is 5.75 Å². The molecule has 1 saturated heterocycles. The molecule has 6 nitrogen and oxygen atoms in total. The molecular formula is C16H19NO5. The molecule has 118 valence electrons. The quantitative estimate of drug-likeness (QED) is 0.856. The van der Waals surface area contributed by atoms with Crippen LogP contribution in [0.4, 0.5) is 0 Å². The second-order valence-corrected chi connectivity index (χ2v) is 5.74. The molecule has 6 heteroatoms. The zero-order chi connectivity index (χ0) is 15.5. The van der Waals surface area contributed by atoms with Gasteiger partial charge in [-0.25, -0.2) is 4.79 Å². The molecule has 2 aliphatic heterocycles. The maximum absolute atomic E-state index is 12.1. The van der Waals surface area contributed by atoms with Crippen LogP contribution in [0.3, 0.4) is 0 Å². The summed E-state index contributed by atoms with van der Waals surface area (Å²) in [5, 5.41) is 12.0. The molecule has 2 atom stereocenters. The van der Waals surface area contributed by atoms with E-state index in [1.807, 2.05) is 0 Å². The molecule has 0 aliphatic carbocycles. The molecular weight excluding hydrogens is 286 g/mol. The van der Waals surface area contributed by atoms with Gasteiger partial charge >= 0.3 is 5.97 Å². The van der Waals surface area contributed by atoms with Gasteiger partial charge in [0.25, 0.3) is 0 Å². The highest BCUT2D eigenvalue weighted by atomic mass is 16.5. The number of nitrogens with one attached hydrogen (secondary N) is 1. The Kier molecular flexibility index (Phi) is 4.29. The summed E-state index contributed by atoms with van der Waals surface area (Å²) in [5.41, 5.74) is 1.56. The van der Waals surface area contributed by atoms with E-state index in [0.717, 1.165) is 24.2 Å². The molecule has 1 amide bonds. The number of amides is 1. The first-order chi connectivity index (χ1) is 10.6. The van der Waals surface area contributed by atoms with E-state index in [0.29, 0.717) is 31.8 Å². The van der Waals surface area contributed by atoms with E-state index in [4.69, 9.17) is 9.47 Å². The molecule has 3 rings (SSSR count). The van der Waals surface area contributed by atoms with Gasteiger partial charge < -0.3 is 19.9 Å². The van der Waals surface area contributed by atoms with Gasteiger partial charge in [0, 0.05) is 26.1 Å². The summed E-state index contributed by atoms with van der Waals surface area (Å²) in [6.45, 7) is 1.86. The Morgan fingerprint density at radius 1 is 1.36 bits per heavy atom. The first kappa shape index (κ1) is 14.8. The number of hydrogen-bond donors (Lipinski definition) is 2. The number of carbonyl (C=O) groups is 2. The van der Waals surface area contributed by atoms with Crippen LogP contribution in [0.25, 0.3) is 0 Å². The van der Waals surface area contributed by atoms with E-state index in [1.165, 1.54) is 0 Å². The number of carboxylic acid groups (broad SMARTS) is 1. The molecule has 1 aromatic rings. The minimum atomic E-state index is -1.06. The van der Waals surface area contributed by atoms with Gasteiger partial charge in [0.15, 0.2) is 6.04 Å².